The van der Waals surface area contributed by atoms with Crippen molar-refractivity contribution < 1.29 is 18.7 Å². The number of anilines is 1. The second kappa shape index (κ2) is 6.28. The molecule has 0 aromatic heterocycles. The van der Waals surface area contributed by atoms with E-state index in [2.05, 4.69) is 0 Å². The number of rotatable bonds is 5. The van der Waals surface area contributed by atoms with Gasteiger partial charge in [-0.25, -0.2) is 9.18 Å². The van der Waals surface area contributed by atoms with E-state index < -0.39 is 20.2 Å². The molecule has 0 radical (unpaired) electrons. The first-order chi connectivity index (χ1) is 10.5. The van der Waals surface area contributed by atoms with Gasteiger partial charge in [0.2, 0.25) is 0 Å². The molecule has 0 aliphatic carbocycles. The van der Waals surface area contributed by atoms with Crippen molar-refractivity contribution in [3.05, 3.63) is 24.0 Å². The molecule has 1 amide bonds. The first-order valence-electron chi connectivity index (χ1n) is 7.98. The molecule has 126 valence electrons. The van der Waals surface area contributed by atoms with Crippen LogP contribution in [0.1, 0.15) is 26.7 Å². The number of carbonyl (C=O) groups excluding carboxylic acids is 1. The largest absolute Gasteiger partial charge is 0.444 e. The summed E-state index contributed by atoms with van der Waals surface area (Å²) in [4.78, 5) is 23.7. The molecule has 4 nitrogen and oxygen atoms in total. The van der Waals surface area contributed by atoms with Crippen LogP contribution in [0.3, 0.4) is 0 Å². The maximum atomic E-state index is 14.1. The molecule has 7 heteroatoms. The van der Waals surface area contributed by atoms with Gasteiger partial charge in [0, 0.05) is 0 Å². The second-order valence-corrected chi connectivity index (χ2v) is 12.0. The zero-order valence-corrected chi connectivity index (χ0v) is 15.5. The minimum atomic E-state index is -2.28. The van der Waals surface area contributed by atoms with Gasteiger partial charge in [-0.1, -0.05) is 25.4 Å². The number of hydrogen-bond acceptors (Lipinski definition) is 3. The van der Waals surface area contributed by atoms with Crippen molar-refractivity contribution in [2.24, 2.45) is 0 Å². The van der Waals surface area contributed by atoms with Gasteiger partial charge in [-0.3, -0.25) is 4.90 Å². The van der Waals surface area contributed by atoms with Gasteiger partial charge in [-0.2, -0.15) is 0 Å². The molecule has 0 spiro atoms. The fourth-order valence-corrected chi connectivity index (χ4v) is 3.28. The summed E-state index contributed by atoms with van der Waals surface area (Å²) in [5, 5.41) is -0.165. The summed E-state index contributed by atoms with van der Waals surface area (Å²) in [7, 11) is -0.478. The van der Waals surface area contributed by atoms with Gasteiger partial charge in [0.25, 0.3) is 0 Å². The average Bonchev–Trinajstić information content (AvgIpc) is 2.76. The topological polar surface area (TPSA) is 49.8 Å². The van der Waals surface area contributed by atoms with E-state index in [1.807, 2.05) is 26.9 Å². The molecular formula is C16H25BFNO3Si. The van der Waals surface area contributed by atoms with Crippen molar-refractivity contribution in [3.63, 3.8) is 0 Å². The van der Waals surface area contributed by atoms with Crippen LogP contribution in [0, 0.1) is 5.82 Å². The number of ether oxygens (including phenoxy) is 1. The monoisotopic (exact) mass is 337 g/mol. The summed E-state index contributed by atoms with van der Waals surface area (Å²) < 4.78 is 19.4. The van der Waals surface area contributed by atoms with E-state index in [0.717, 1.165) is 11.9 Å². The maximum Gasteiger partial charge on any atom is 0.414 e. The molecule has 1 aliphatic rings. The van der Waals surface area contributed by atoms with Crippen LogP contribution in [0.25, 0.3) is 0 Å². The molecule has 2 rings (SSSR count). The summed E-state index contributed by atoms with van der Waals surface area (Å²) >= 11 is 0. The minimum absolute atomic E-state index is 0.165. The predicted octanol–water partition coefficient (Wildman–Crippen LogP) is 2.17. The summed E-state index contributed by atoms with van der Waals surface area (Å²) in [5.74, 6) is -0.410. The molecule has 1 saturated heterocycles. The number of hydrogen-bond donors (Lipinski definition) is 1. The molecule has 23 heavy (non-hydrogen) atoms. The van der Waals surface area contributed by atoms with E-state index >= 15 is 0 Å². The van der Waals surface area contributed by atoms with E-state index in [9.17, 15) is 14.0 Å². The Morgan fingerprint density at radius 2 is 2.13 bits per heavy atom. The van der Waals surface area contributed by atoms with Crippen molar-refractivity contribution in [1.29, 1.82) is 0 Å². The Kier molecular flexibility index (Phi) is 4.92. The Bertz CT molecular complexity index is 603. The number of carbonyl (C=O) groups is 1. The zero-order chi connectivity index (χ0) is 17.4. The molecule has 1 atom stereocenters. The quantitative estimate of drug-likeness (QED) is 0.838. The highest BCUT2D eigenvalue weighted by molar-refractivity contribution is 6.72. The van der Waals surface area contributed by atoms with Crippen LogP contribution in [0.4, 0.5) is 14.9 Å². The summed E-state index contributed by atoms with van der Waals surface area (Å²) in [6.45, 7) is 8.28. The fourth-order valence-electron chi connectivity index (χ4n) is 2.53. The smallest absolute Gasteiger partial charge is 0.414 e. The summed E-state index contributed by atoms with van der Waals surface area (Å²) in [5.41, 5.74) is 1.08. The van der Waals surface area contributed by atoms with Crippen molar-refractivity contribution in [1.82, 2.24) is 0 Å². The molecule has 1 heterocycles. The van der Waals surface area contributed by atoms with E-state index in [-0.39, 0.29) is 16.8 Å². The van der Waals surface area contributed by atoms with E-state index in [1.165, 1.54) is 11.0 Å². The standard InChI is InChI=1S/C16H25BFNO3Si/c1-16(2,23(3,4)21)8-7-12-10-19(15(20)22-12)14-6-5-11(17)9-13(14)18/h5-6,9,12,21H,7-8,10,17H2,1-4H3/t12-/m0/s1. The molecule has 0 bridgehead atoms. The highest BCUT2D eigenvalue weighted by Gasteiger charge is 2.40. The van der Waals surface area contributed by atoms with Gasteiger partial charge in [0.05, 0.1) is 12.2 Å². The minimum Gasteiger partial charge on any atom is -0.444 e. The number of nitrogens with zero attached hydrogens (tertiary/aromatic N) is 1. The normalized spacial score (nSPS) is 19.1. The van der Waals surface area contributed by atoms with Crippen LogP contribution in [0.2, 0.25) is 18.1 Å². The van der Waals surface area contributed by atoms with Crippen LogP contribution in [-0.2, 0) is 4.74 Å². The average molecular weight is 337 g/mol. The Morgan fingerprint density at radius 3 is 2.70 bits per heavy atom. The van der Waals surface area contributed by atoms with Gasteiger partial charge in [0.1, 0.15) is 19.8 Å². The third-order valence-corrected chi connectivity index (χ3v) is 8.58. The summed E-state index contributed by atoms with van der Waals surface area (Å²) in [6, 6.07) is 4.81. The van der Waals surface area contributed by atoms with Crippen molar-refractivity contribution in [2.45, 2.75) is 50.9 Å². The lowest BCUT2D eigenvalue weighted by Crippen LogP contribution is -2.39. The molecule has 0 unspecified atom stereocenters. The van der Waals surface area contributed by atoms with Gasteiger partial charge in [-0.05, 0) is 43.1 Å². The van der Waals surface area contributed by atoms with Crippen molar-refractivity contribution in [3.8, 4) is 0 Å². The van der Waals surface area contributed by atoms with E-state index in [1.54, 1.807) is 20.0 Å². The van der Waals surface area contributed by atoms with Crippen LogP contribution in [-0.4, -0.2) is 39.7 Å². The highest BCUT2D eigenvalue weighted by atomic mass is 28.4. The first-order valence-corrected chi connectivity index (χ1v) is 10.9. The molecular weight excluding hydrogens is 312 g/mol. The molecule has 1 aliphatic heterocycles. The number of cyclic esters (lactones) is 1. The SMILES string of the molecule is Bc1ccc(N2C[C@H](CCC(C)(C)[Si](C)(C)O)OC2=O)c(F)c1. The molecule has 1 N–H and O–H groups in total. The zero-order valence-electron chi connectivity index (χ0n) is 14.5. The van der Waals surface area contributed by atoms with Gasteiger partial charge in [0.15, 0.2) is 8.32 Å². The lowest BCUT2D eigenvalue weighted by molar-refractivity contribution is 0.133. The maximum absolute atomic E-state index is 14.1. The number of amides is 1. The van der Waals surface area contributed by atoms with Crippen molar-refractivity contribution in [2.75, 3.05) is 11.4 Å². The molecule has 1 fully saturated rings. The van der Waals surface area contributed by atoms with Gasteiger partial charge >= 0.3 is 6.09 Å². The third-order valence-electron chi connectivity index (χ3n) is 5.02. The fraction of sp³-hybridized carbons (Fsp3) is 0.562. The molecule has 1 aromatic rings. The first kappa shape index (κ1) is 18.0. The van der Waals surface area contributed by atoms with Crippen LogP contribution in [0.15, 0.2) is 18.2 Å². The highest BCUT2D eigenvalue weighted by Crippen LogP contribution is 2.41. The van der Waals surface area contributed by atoms with Crippen LogP contribution in [0.5, 0.6) is 0 Å². The Morgan fingerprint density at radius 1 is 1.48 bits per heavy atom. The molecule has 1 aromatic carbocycles. The number of halogens is 1. The summed E-state index contributed by atoms with van der Waals surface area (Å²) in [6.07, 6.45) is 0.666. The lowest BCUT2D eigenvalue weighted by atomic mass is 9.96. The van der Waals surface area contributed by atoms with E-state index in [4.69, 9.17) is 4.74 Å². The van der Waals surface area contributed by atoms with Gasteiger partial charge < -0.3 is 9.53 Å². The lowest BCUT2D eigenvalue weighted by Gasteiger charge is -2.35. The third kappa shape index (κ3) is 3.95. The predicted molar refractivity (Wildman–Crippen MR) is 95.2 cm³/mol. The van der Waals surface area contributed by atoms with Crippen molar-refractivity contribution >= 4 is 33.4 Å². The number of benzene rings is 1. The van der Waals surface area contributed by atoms with Crippen LogP contribution < -0.4 is 10.4 Å². The Balaban J connectivity index is 2.03. The van der Waals surface area contributed by atoms with Gasteiger partial charge in [-0.15, -0.1) is 0 Å². The van der Waals surface area contributed by atoms with E-state index in [0.29, 0.717) is 13.0 Å². The second-order valence-electron chi connectivity index (χ2n) is 7.55. The Hall–Kier alpha value is -1.34. The molecule has 0 saturated carbocycles. The van der Waals surface area contributed by atoms with Crippen LogP contribution >= 0.6 is 0 Å². The Labute approximate surface area is 139 Å².